The highest BCUT2D eigenvalue weighted by Gasteiger charge is 2.37. The molecule has 0 atom stereocenters. The largest absolute Gasteiger partial charge is 0.456 e. The normalized spacial score (nSPS) is 13.1. The Morgan fingerprint density at radius 1 is 0.431 bits per heavy atom. The third-order valence-corrected chi connectivity index (χ3v) is 10.9. The van der Waals surface area contributed by atoms with Gasteiger partial charge in [0.15, 0.2) is 0 Å². The van der Waals surface area contributed by atoms with Crippen molar-refractivity contribution < 1.29 is 4.42 Å². The van der Waals surface area contributed by atoms with Gasteiger partial charge in [0.25, 0.3) is 0 Å². The molecule has 0 unspecified atom stereocenters. The molecule has 10 rings (SSSR count). The number of rotatable bonds is 5. The Morgan fingerprint density at radius 3 is 1.92 bits per heavy atom. The van der Waals surface area contributed by atoms with E-state index in [2.05, 4.69) is 183 Å². The van der Waals surface area contributed by atoms with Gasteiger partial charge in [0.05, 0.1) is 11.4 Å². The minimum atomic E-state index is -0.0868. The summed E-state index contributed by atoms with van der Waals surface area (Å²) in [5.74, 6) is 0. The number of hydrogen-bond acceptors (Lipinski definition) is 2. The van der Waals surface area contributed by atoms with Crippen LogP contribution in [0.15, 0.2) is 180 Å². The highest BCUT2D eigenvalue weighted by Crippen LogP contribution is 2.52. The summed E-state index contributed by atoms with van der Waals surface area (Å²) in [6.07, 6.45) is 0. The van der Waals surface area contributed by atoms with E-state index in [1.54, 1.807) is 0 Å². The average molecular weight is 654 g/mol. The fourth-order valence-corrected chi connectivity index (χ4v) is 8.50. The quantitative estimate of drug-likeness (QED) is 0.184. The van der Waals surface area contributed by atoms with Crippen molar-refractivity contribution in [1.29, 1.82) is 0 Å². The molecule has 0 saturated carbocycles. The predicted molar refractivity (Wildman–Crippen MR) is 214 cm³/mol. The van der Waals surface area contributed by atoms with Gasteiger partial charge in [-0.25, -0.2) is 0 Å². The zero-order valence-corrected chi connectivity index (χ0v) is 28.6. The lowest BCUT2D eigenvalue weighted by atomic mass is 9.79. The number of furan rings is 1. The van der Waals surface area contributed by atoms with Gasteiger partial charge in [0.1, 0.15) is 11.2 Å². The van der Waals surface area contributed by atoms with Crippen LogP contribution in [0.5, 0.6) is 0 Å². The van der Waals surface area contributed by atoms with Crippen molar-refractivity contribution in [2.75, 3.05) is 4.90 Å². The van der Waals surface area contributed by atoms with Gasteiger partial charge in [-0.05, 0) is 86.8 Å². The van der Waals surface area contributed by atoms with Crippen LogP contribution < -0.4 is 4.90 Å². The monoisotopic (exact) mass is 653 g/mol. The van der Waals surface area contributed by atoms with E-state index in [1.807, 2.05) is 12.1 Å². The molecule has 2 heteroatoms. The van der Waals surface area contributed by atoms with Crippen LogP contribution in [0.3, 0.4) is 0 Å². The van der Waals surface area contributed by atoms with E-state index < -0.39 is 0 Å². The van der Waals surface area contributed by atoms with Crippen molar-refractivity contribution >= 4 is 49.8 Å². The minimum absolute atomic E-state index is 0.0868. The van der Waals surface area contributed by atoms with Gasteiger partial charge < -0.3 is 9.32 Å². The maximum absolute atomic E-state index is 6.20. The molecular formula is C49H35NO. The molecule has 1 aromatic heterocycles. The summed E-state index contributed by atoms with van der Waals surface area (Å²) >= 11 is 0. The van der Waals surface area contributed by atoms with Gasteiger partial charge in [-0.15, -0.1) is 0 Å². The van der Waals surface area contributed by atoms with Gasteiger partial charge in [-0.1, -0.05) is 147 Å². The lowest BCUT2D eigenvalue weighted by Crippen LogP contribution is -2.16. The fraction of sp³-hybridized carbons (Fsp3) is 0.0612. The lowest BCUT2D eigenvalue weighted by Gasteiger charge is -2.29. The van der Waals surface area contributed by atoms with E-state index >= 15 is 0 Å². The first-order chi connectivity index (χ1) is 25.1. The van der Waals surface area contributed by atoms with Crippen LogP contribution >= 0.6 is 0 Å². The van der Waals surface area contributed by atoms with E-state index in [4.69, 9.17) is 4.42 Å². The van der Waals surface area contributed by atoms with Gasteiger partial charge >= 0.3 is 0 Å². The molecule has 51 heavy (non-hydrogen) atoms. The average Bonchev–Trinajstić information content (AvgIpc) is 3.67. The van der Waals surface area contributed by atoms with Crippen molar-refractivity contribution in [2.24, 2.45) is 0 Å². The molecule has 0 radical (unpaired) electrons. The van der Waals surface area contributed by atoms with Crippen molar-refractivity contribution in [1.82, 2.24) is 0 Å². The number of hydrogen-bond donors (Lipinski definition) is 0. The molecule has 242 valence electrons. The van der Waals surface area contributed by atoms with Crippen LogP contribution in [-0.2, 0) is 5.41 Å². The Morgan fingerprint density at radius 2 is 1.04 bits per heavy atom. The third kappa shape index (κ3) is 4.57. The molecule has 0 fully saturated rings. The van der Waals surface area contributed by atoms with Crippen molar-refractivity contribution in [3.05, 3.63) is 187 Å². The first kappa shape index (κ1) is 29.5. The highest BCUT2D eigenvalue weighted by atomic mass is 16.3. The Kier molecular flexibility index (Phi) is 6.56. The molecule has 0 spiro atoms. The molecule has 0 aliphatic heterocycles. The number of para-hydroxylation sites is 2. The zero-order chi connectivity index (χ0) is 34.1. The Bertz CT molecular complexity index is 2780. The smallest absolute Gasteiger partial charge is 0.135 e. The molecule has 0 amide bonds. The van der Waals surface area contributed by atoms with E-state index in [0.717, 1.165) is 50.1 Å². The maximum atomic E-state index is 6.20. The van der Waals surface area contributed by atoms with Crippen LogP contribution in [-0.4, -0.2) is 0 Å². The summed E-state index contributed by atoms with van der Waals surface area (Å²) in [4.78, 5) is 2.42. The standard InChI is InChI=1S/C49H35NO/c1-49(2)43-21-8-5-17-39(43)41-20-12-19-38(48(41)49)33-25-28-35(29-26-33)50(45-23-11-14-32-13-3-4-15-36(32)45)44-22-9-6-16-37(44)34-27-30-47-42(31-34)40-18-7-10-24-46(40)51-47/h3-31H,1-2H3. The van der Waals surface area contributed by atoms with E-state index in [-0.39, 0.29) is 5.41 Å². The van der Waals surface area contributed by atoms with Crippen molar-refractivity contribution in [2.45, 2.75) is 19.3 Å². The molecular weight excluding hydrogens is 619 g/mol. The molecule has 0 saturated heterocycles. The third-order valence-electron chi connectivity index (χ3n) is 10.9. The molecule has 2 nitrogen and oxygen atoms in total. The molecule has 0 bridgehead atoms. The molecule has 1 heterocycles. The number of fused-ring (bicyclic) bond motifs is 7. The van der Waals surface area contributed by atoms with Gasteiger partial charge in [0.2, 0.25) is 0 Å². The fourth-order valence-electron chi connectivity index (χ4n) is 8.50. The summed E-state index contributed by atoms with van der Waals surface area (Å²) in [6, 6.07) is 63.7. The summed E-state index contributed by atoms with van der Waals surface area (Å²) in [7, 11) is 0. The molecule has 9 aromatic rings. The molecule has 0 N–H and O–H groups in total. The Balaban J connectivity index is 1.15. The molecule has 1 aliphatic rings. The second-order valence-electron chi connectivity index (χ2n) is 14.1. The van der Waals surface area contributed by atoms with Crippen LogP contribution in [0, 0.1) is 0 Å². The maximum Gasteiger partial charge on any atom is 0.135 e. The molecule has 1 aliphatic carbocycles. The second-order valence-corrected chi connectivity index (χ2v) is 14.1. The first-order valence-corrected chi connectivity index (χ1v) is 17.7. The Hall–Kier alpha value is -6.38. The first-order valence-electron chi connectivity index (χ1n) is 17.7. The number of benzene rings is 8. The van der Waals surface area contributed by atoms with Crippen LogP contribution in [0.25, 0.3) is 66.1 Å². The molecule has 8 aromatic carbocycles. The highest BCUT2D eigenvalue weighted by molar-refractivity contribution is 6.07. The topological polar surface area (TPSA) is 16.4 Å². The SMILES string of the molecule is CC1(C)c2ccccc2-c2cccc(-c3ccc(N(c4ccccc4-c4ccc5oc6ccccc6c5c4)c4cccc5ccccc45)cc3)c21. The van der Waals surface area contributed by atoms with E-state index in [1.165, 1.54) is 44.2 Å². The second kappa shape index (κ2) is 11.3. The van der Waals surface area contributed by atoms with Crippen molar-refractivity contribution in [3.8, 4) is 33.4 Å². The summed E-state index contributed by atoms with van der Waals surface area (Å²) < 4.78 is 6.20. The Labute approximate surface area is 297 Å². The zero-order valence-electron chi connectivity index (χ0n) is 28.6. The van der Waals surface area contributed by atoms with Crippen LogP contribution in [0.1, 0.15) is 25.0 Å². The van der Waals surface area contributed by atoms with E-state index in [9.17, 15) is 0 Å². The van der Waals surface area contributed by atoms with Gasteiger partial charge in [-0.2, -0.15) is 0 Å². The van der Waals surface area contributed by atoms with Gasteiger partial charge in [0, 0.05) is 32.8 Å². The van der Waals surface area contributed by atoms with E-state index in [0.29, 0.717) is 0 Å². The number of anilines is 3. The van der Waals surface area contributed by atoms with Gasteiger partial charge in [-0.3, -0.25) is 0 Å². The lowest BCUT2D eigenvalue weighted by molar-refractivity contribution is 0.662. The predicted octanol–water partition coefficient (Wildman–Crippen LogP) is 13.8. The summed E-state index contributed by atoms with van der Waals surface area (Å²) in [6.45, 7) is 4.72. The number of nitrogens with zero attached hydrogens (tertiary/aromatic N) is 1. The summed E-state index contributed by atoms with van der Waals surface area (Å²) in [5.41, 5.74) is 15.4. The summed E-state index contributed by atoms with van der Waals surface area (Å²) in [5, 5.41) is 4.67. The minimum Gasteiger partial charge on any atom is -0.456 e. The van der Waals surface area contributed by atoms with Crippen molar-refractivity contribution in [3.63, 3.8) is 0 Å². The van der Waals surface area contributed by atoms with Crippen LogP contribution in [0.2, 0.25) is 0 Å². The van der Waals surface area contributed by atoms with Crippen LogP contribution in [0.4, 0.5) is 17.1 Å².